The van der Waals surface area contributed by atoms with Crippen molar-refractivity contribution in [2.24, 2.45) is 0 Å². The third-order valence-electron chi connectivity index (χ3n) is 2.41. The van der Waals surface area contributed by atoms with E-state index in [1.165, 1.54) is 12.1 Å². The van der Waals surface area contributed by atoms with Crippen molar-refractivity contribution in [2.75, 3.05) is 13.1 Å². The monoisotopic (exact) mass is 240 g/mol. The maximum atomic E-state index is 12.7. The molecule has 2 nitrogen and oxygen atoms in total. The van der Waals surface area contributed by atoms with E-state index >= 15 is 0 Å². The van der Waals surface area contributed by atoms with E-state index in [4.69, 9.17) is 12.2 Å². The van der Waals surface area contributed by atoms with Crippen molar-refractivity contribution in [3.63, 3.8) is 0 Å². The Kier molecular flexibility index (Phi) is 5.19. The summed E-state index contributed by atoms with van der Waals surface area (Å²) in [5, 5.41) is 3.90. The highest BCUT2D eigenvalue weighted by Crippen LogP contribution is 2.02. The van der Waals surface area contributed by atoms with Gasteiger partial charge in [-0.2, -0.15) is 0 Å². The van der Waals surface area contributed by atoms with Crippen LogP contribution in [0.5, 0.6) is 0 Å². The van der Waals surface area contributed by atoms with Crippen LogP contribution in [0.25, 0.3) is 0 Å². The molecule has 0 amide bonds. The first-order chi connectivity index (χ1) is 7.67. The zero-order chi connectivity index (χ0) is 12.0. The number of hydrogen-bond acceptors (Lipinski definition) is 1. The molecule has 0 unspecified atom stereocenters. The molecule has 1 aromatic rings. The average Bonchev–Trinajstić information content (AvgIpc) is 2.30. The summed E-state index contributed by atoms with van der Waals surface area (Å²) in [6, 6.07) is 6.43. The minimum absolute atomic E-state index is 0.213. The number of hydrogen-bond donors (Lipinski definition) is 1. The molecule has 4 heteroatoms. The predicted molar refractivity (Wildman–Crippen MR) is 68.8 cm³/mol. The summed E-state index contributed by atoms with van der Waals surface area (Å²) >= 11 is 5.24. The summed E-state index contributed by atoms with van der Waals surface area (Å²) in [4.78, 5) is 2.07. The zero-order valence-electron chi connectivity index (χ0n) is 9.66. The minimum atomic E-state index is -0.213. The van der Waals surface area contributed by atoms with Gasteiger partial charge in [0.05, 0.1) is 0 Å². The maximum Gasteiger partial charge on any atom is 0.169 e. The van der Waals surface area contributed by atoms with Crippen LogP contribution in [0.2, 0.25) is 0 Å². The number of thiocarbonyl (C=S) groups is 1. The van der Waals surface area contributed by atoms with Crippen molar-refractivity contribution in [3.8, 4) is 0 Å². The van der Waals surface area contributed by atoms with Crippen LogP contribution in [0.3, 0.4) is 0 Å². The van der Waals surface area contributed by atoms with Crippen molar-refractivity contribution < 1.29 is 4.39 Å². The average molecular weight is 240 g/mol. The molecule has 0 aliphatic rings. The van der Waals surface area contributed by atoms with Gasteiger partial charge in [0.25, 0.3) is 0 Å². The third-order valence-corrected chi connectivity index (χ3v) is 2.81. The molecule has 0 aliphatic heterocycles. The molecule has 0 aliphatic carbocycles. The van der Waals surface area contributed by atoms with Gasteiger partial charge >= 0.3 is 0 Å². The Labute approximate surface area is 101 Å². The van der Waals surface area contributed by atoms with Gasteiger partial charge in [-0.05, 0) is 43.8 Å². The van der Waals surface area contributed by atoms with Crippen molar-refractivity contribution >= 4 is 17.3 Å². The molecule has 0 radical (unpaired) electrons. The van der Waals surface area contributed by atoms with E-state index < -0.39 is 0 Å². The fourth-order valence-corrected chi connectivity index (χ4v) is 1.73. The van der Waals surface area contributed by atoms with Crippen LogP contribution < -0.4 is 5.32 Å². The lowest BCUT2D eigenvalue weighted by Gasteiger charge is -2.22. The largest absolute Gasteiger partial charge is 0.358 e. The van der Waals surface area contributed by atoms with Crippen LogP contribution in [-0.2, 0) is 6.54 Å². The highest BCUT2D eigenvalue weighted by molar-refractivity contribution is 7.80. The quantitative estimate of drug-likeness (QED) is 0.814. The summed E-state index contributed by atoms with van der Waals surface area (Å²) in [5.74, 6) is -0.213. The van der Waals surface area contributed by atoms with E-state index in [0.717, 1.165) is 23.8 Å². The predicted octanol–water partition coefficient (Wildman–Crippen LogP) is 2.54. The van der Waals surface area contributed by atoms with Crippen LogP contribution in [0.15, 0.2) is 24.3 Å². The number of benzene rings is 1. The van der Waals surface area contributed by atoms with Gasteiger partial charge in [-0.1, -0.05) is 12.1 Å². The molecular formula is C12H17FN2S. The first kappa shape index (κ1) is 12.9. The van der Waals surface area contributed by atoms with E-state index in [2.05, 4.69) is 24.1 Å². The lowest BCUT2D eigenvalue weighted by atomic mass is 10.2. The highest BCUT2D eigenvalue weighted by Gasteiger charge is 2.03. The molecule has 88 valence electrons. The van der Waals surface area contributed by atoms with Crippen molar-refractivity contribution in [2.45, 2.75) is 20.4 Å². The molecule has 0 spiro atoms. The van der Waals surface area contributed by atoms with Crippen LogP contribution in [-0.4, -0.2) is 23.1 Å². The lowest BCUT2D eigenvalue weighted by molar-refractivity contribution is 0.456. The summed E-state index contributed by atoms with van der Waals surface area (Å²) in [6.07, 6.45) is 0. The molecule has 1 rings (SSSR count). The standard InChI is InChI=1S/C12H17FN2S/c1-3-15(4-2)12(16)14-9-10-5-7-11(13)8-6-10/h5-8H,3-4,9H2,1-2H3,(H,14,16). The second kappa shape index (κ2) is 6.43. The summed E-state index contributed by atoms with van der Waals surface area (Å²) in [6.45, 7) is 6.55. The van der Waals surface area contributed by atoms with Crippen LogP contribution in [0.1, 0.15) is 19.4 Å². The summed E-state index contributed by atoms with van der Waals surface area (Å²) in [7, 11) is 0. The Hall–Kier alpha value is -1.16. The van der Waals surface area contributed by atoms with Crippen molar-refractivity contribution in [3.05, 3.63) is 35.6 Å². The first-order valence-corrected chi connectivity index (χ1v) is 5.85. The Morgan fingerprint density at radius 1 is 1.25 bits per heavy atom. The van der Waals surface area contributed by atoms with Crippen LogP contribution in [0.4, 0.5) is 4.39 Å². The van der Waals surface area contributed by atoms with Crippen LogP contribution in [0, 0.1) is 5.82 Å². The van der Waals surface area contributed by atoms with E-state index in [9.17, 15) is 4.39 Å². The second-order valence-corrected chi connectivity index (χ2v) is 3.84. The van der Waals surface area contributed by atoms with Gasteiger partial charge in [0, 0.05) is 19.6 Å². The topological polar surface area (TPSA) is 15.3 Å². The molecule has 0 saturated carbocycles. The van der Waals surface area contributed by atoms with Crippen LogP contribution >= 0.6 is 12.2 Å². The van der Waals surface area contributed by atoms with E-state index in [1.54, 1.807) is 12.1 Å². The van der Waals surface area contributed by atoms with Gasteiger partial charge in [0.2, 0.25) is 0 Å². The van der Waals surface area contributed by atoms with Gasteiger partial charge in [-0.25, -0.2) is 4.39 Å². The minimum Gasteiger partial charge on any atom is -0.358 e. The second-order valence-electron chi connectivity index (χ2n) is 3.46. The highest BCUT2D eigenvalue weighted by atomic mass is 32.1. The van der Waals surface area contributed by atoms with Gasteiger partial charge in [-0.3, -0.25) is 0 Å². The molecule has 0 aromatic heterocycles. The fourth-order valence-electron chi connectivity index (χ4n) is 1.40. The third kappa shape index (κ3) is 3.77. The molecule has 1 N–H and O–H groups in total. The van der Waals surface area contributed by atoms with Gasteiger partial charge in [0.15, 0.2) is 5.11 Å². The van der Waals surface area contributed by atoms with E-state index in [1.807, 2.05) is 0 Å². The Bertz CT molecular complexity index is 333. The number of nitrogens with zero attached hydrogens (tertiary/aromatic N) is 1. The molecule has 0 bridgehead atoms. The Balaban J connectivity index is 2.45. The molecule has 16 heavy (non-hydrogen) atoms. The van der Waals surface area contributed by atoms with Gasteiger partial charge in [-0.15, -0.1) is 0 Å². The van der Waals surface area contributed by atoms with E-state index in [-0.39, 0.29) is 5.82 Å². The van der Waals surface area contributed by atoms with Gasteiger partial charge in [0.1, 0.15) is 5.82 Å². The van der Waals surface area contributed by atoms with Crippen molar-refractivity contribution in [1.82, 2.24) is 10.2 Å². The molecule has 1 aromatic carbocycles. The fraction of sp³-hybridized carbons (Fsp3) is 0.417. The molecular weight excluding hydrogens is 223 g/mol. The SMILES string of the molecule is CCN(CC)C(=S)NCc1ccc(F)cc1. The van der Waals surface area contributed by atoms with E-state index in [0.29, 0.717) is 6.54 Å². The van der Waals surface area contributed by atoms with Crippen molar-refractivity contribution in [1.29, 1.82) is 0 Å². The molecule has 0 heterocycles. The summed E-state index contributed by atoms with van der Waals surface area (Å²) < 4.78 is 12.7. The molecule has 0 atom stereocenters. The molecule has 0 fully saturated rings. The Morgan fingerprint density at radius 3 is 2.31 bits per heavy atom. The maximum absolute atomic E-state index is 12.7. The summed E-state index contributed by atoms with van der Waals surface area (Å²) in [5.41, 5.74) is 1.02. The molecule has 0 saturated heterocycles. The normalized spacial score (nSPS) is 9.94. The number of nitrogens with one attached hydrogen (secondary N) is 1. The number of halogens is 1. The smallest absolute Gasteiger partial charge is 0.169 e. The zero-order valence-corrected chi connectivity index (χ0v) is 10.5. The van der Waals surface area contributed by atoms with Gasteiger partial charge < -0.3 is 10.2 Å². The Morgan fingerprint density at radius 2 is 1.81 bits per heavy atom. The first-order valence-electron chi connectivity index (χ1n) is 5.44. The lowest BCUT2D eigenvalue weighted by Crippen LogP contribution is -2.39. The number of rotatable bonds is 4.